The van der Waals surface area contributed by atoms with Crippen molar-refractivity contribution in [2.45, 2.75) is 0 Å². The van der Waals surface area contributed by atoms with Crippen molar-refractivity contribution in [1.29, 1.82) is 0 Å². The number of hydrogen-bond donors (Lipinski definition) is 0. The molecule has 6 heteroatoms. The van der Waals surface area contributed by atoms with Crippen molar-refractivity contribution in [2.75, 3.05) is 24.7 Å². The third-order valence-corrected chi connectivity index (χ3v) is 3.41. The fraction of sp³-hybridized carbons (Fsp3) is 0.300. The van der Waals surface area contributed by atoms with E-state index in [2.05, 4.69) is 0 Å². The fourth-order valence-electron chi connectivity index (χ4n) is 1.28. The topological polar surface area (TPSA) is 63.7 Å². The maximum absolute atomic E-state index is 11.4. The van der Waals surface area contributed by atoms with Crippen molar-refractivity contribution in [3.63, 3.8) is 0 Å². The van der Waals surface area contributed by atoms with E-state index in [4.69, 9.17) is 4.74 Å². The van der Waals surface area contributed by atoms with Crippen molar-refractivity contribution >= 4 is 22.0 Å². The highest BCUT2D eigenvalue weighted by atomic mass is 32.2. The second-order valence-corrected chi connectivity index (χ2v) is 5.26. The Kier molecular flexibility index (Phi) is 3.54. The van der Waals surface area contributed by atoms with Crippen molar-refractivity contribution in [3.8, 4) is 5.75 Å². The fourth-order valence-corrected chi connectivity index (χ4v) is 1.80. The lowest BCUT2D eigenvalue weighted by atomic mass is 10.2. The number of carbonyl (C=O) groups excluding carboxylic acids is 1. The summed E-state index contributed by atoms with van der Waals surface area (Å²) in [6.45, 7) is 0. The van der Waals surface area contributed by atoms with Crippen LogP contribution < -0.4 is 9.04 Å². The zero-order valence-corrected chi connectivity index (χ0v) is 10.1. The van der Waals surface area contributed by atoms with Gasteiger partial charge in [-0.05, 0) is 12.1 Å². The lowest BCUT2D eigenvalue weighted by Crippen LogP contribution is -2.26. The van der Waals surface area contributed by atoms with E-state index in [1.54, 1.807) is 18.2 Å². The third-order valence-electron chi connectivity index (χ3n) is 2.22. The van der Waals surface area contributed by atoms with Crippen LogP contribution in [-0.2, 0) is 10.0 Å². The van der Waals surface area contributed by atoms with Gasteiger partial charge in [-0.1, -0.05) is 6.07 Å². The van der Waals surface area contributed by atoms with Gasteiger partial charge >= 0.3 is 0 Å². The number of aldehydes is 1. The van der Waals surface area contributed by atoms with Gasteiger partial charge in [0.05, 0.1) is 24.6 Å². The molecule has 1 rings (SSSR count). The first-order chi connectivity index (χ1) is 7.41. The van der Waals surface area contributed by atoms with Crippen molar-refractivity contribution in [2.24, 2.45) is 0 Å². The van der Waals surface area contributed by atoms with Gasteiger partial charge in [-0.3, -0.25) is 9.10 Å². The van der Waals surface area contributed by atoms with Crippen LogP contribution in [0, 0.1) is 0 Å². The molecule has 0 unspecified atom stereocenters. The number of rotatable bonds is 4. The van der Waals surface area contributed by atoms with Gasteiger partial charge in [0.2, 0.25) is 10.0 Å². The molecular formula is C10H13NO4S. The maximum atomic E-state index is 11.4. The van der Waals surface area contributed by atoms with Crippen LogP contribution >= 0.6 is 0 Å². The molecule has 0 heterocycles. The molecule has 0 aliphatic carbocycles. The minimum absolute atomic E-state index is 0.220. The summed E-state index contributed by atoms with van der Waals surface area (Å²) >= 11 is 0. The Morgan fingerprint density at radius 3 is 2.44 bits per heavy atom. The summed E-state index contributed by atoms with van der Waals surface area (Å²) in [5.41, 5.74) is 0.523. The van der Waals surface area contributed by atoms with Gasteiger partial charge in [0, 0.05) is 7.05 Å². The predicted molar refractivity (Wildman–Crippen MR) is 61.6 cm³/mol. The van der Waals surface area contributed by atoms with Crippen LogP contribution in [0.1, 0.15) is 10.4 Å². The summed E-state index contributed by atoms with van der Waals surface area (Å²) in [4.78, 5) is 10.9. The Morgan fingerprint density at radius 1 is 1.38 bits per heavy atom. The molecule has 16 heavy (non-hydrogen) atoms. The van der Waals surface area contributed by atoms with Crippen molar-refractivity contribution < 1.29 is 17.9 Å². The van der Waals surface area contributed by atoms with Crippen LogP contribution in [0.3, 0.4) is 0 Å². The van der Waals surface area contributed by atoms with Crippen molar-refractivity contribution in [3.05, 3.63) is 23.8 Å². The smallest absolute Gasteiger partial charge is 0.232 e. The van der Waals surface area contributed by atoms with E-state index >= 15 is 0 Å². The van der Waals surface area contributed by atoms with E-state index in [0.717, 1.165) is 10.6 Å². The molecule has 88 valence electrons. The number of hydrogen-bond acceptors (Lipinski definition) is 4. The molecule has 1 aromatic carbocycles. The van der Waals surface area contributed by atoms with Gasteiger partial charge in [0.15, 0.2) is 6.29 Å². The first-order valence-corrected chi connectivity index (χ1v) is 6.32. The Labute approximate surface area is 94.7 Å². The minimum atomic E-state index is -3.39. The maximum Gasteiger partial charge on any atom is 0.232 e. The standard InChI is InChI=1S/C10H13NO4S/c1-11(16(3,13)14)9-5-4-6-10(15-2)8(9)7-12/h4-7H,1-3H3. The average molecular weight is 243 g/mol. The Bertz CT molecular complexity index is 496. The Morgan fingerprint density at radius 2 is 2.00 bits per heavy atom. The van der Waals surface area contributed by atoms with Crippen LogP contribution in [0.25, 0.3) is 0 Å². The first-order valence-electron chi connectivity index (χ1n) is 4.48. The molecule has 1 aromatic rings. The summed E-state index contributed by atoms with van der Waals surface area (Å²) < 4.78 is 28.8. The Balaban J connectivity index is 3.40. The second kappa shape index (κ2) is 4.52. The molecule has 5 nitrogen and oxygen atoms in total. The predicted octanol–water partition coefficient (Wildman–Crippen LogP) is 0.903. The molecule has 0 atom stereocenters. The molecule has 0 bridgehead atoms. The second-order valence-electron chi connectivity index (χ2n) is 3.24. The van der Waals surface area contributed by atoms with E-state index in [-0.39, 0.29) is 5.56 Å². The molecule has 0 radical (unpaired) electrons. The molecule has 0 spiro atoms. The van der Waals surface area contributed by atoms with E-state index in [9.17, 15) is 13.2 Å². The molecular weight excluding hydrogens is 230 g/mol. The molecule has 0 aliphatic heterocycles. The molecule has 0 amide bonds. The van der Waals surface area contributed by atoms with Gasteiger partial charge in [-0.15, -0.1) is 0 Å². The van der Waals surface area contributed by atoms with Crippen LogP contribution in [0.2, 0.25) is 0 Å². The number of carbonyl (C=O) groups is 1. The quantitative estimate of drug-likeness (QED) is 0.737. The summed E-state index contributed by atoms with van der Waals surface area (Å²) in [7, 11) is -0.585. The van der Waals surface area contributed by atoms with E-state index < -0.39 is 10.0 Å². The number of methoxy groups -OCH3 is 1. The van der Waals surface area contributed by atoms with Gasteiger partial charge in [0.25, 0.3) is 0 Å². The summed E-state index contributed by atoms with van der Waals surface area (Å²) in [5.74, 6) is 0.350. The normalized spacial score (nSPS) is 10.9. The number of ether oxygens (including phenoxy) is 1. The van der Waals surface area contributed by atoms with Gasteiger partial charge in [0.1, 0.15) is 5.75 Å². The highest BCUT2D eigenvalue weighted by molar-refractivity contribution is 7.92. The number of benzene rings is 1. The lowest BCUT2D eigenvalue weighted by Gasteiger charge is -2.19. The molecule has 0 N–H and O–H groups in total. The van der Waals surface area contributed by atoms with Crippen LogP contribution in [0.15, 0.2) is 18.2 Å². The average Bonchev–Trinajstić information content (AvgIpc) is 2.25. The summed E-state index contributed by atoms with van der Waals surface area (Å²) in [6, 6.07) is 4.78. The largest absolute Gasteiger partial charge is 0.496 e. The van der Waals surface area contributed by atoms with Gasteiger partial charge in [-0.25, -0.2) is 8.42 Å². The zero-order valence-electron chi connectivity index (χ0n) is 9.30. The molecule has 0 aliphatic rings. The first kappa shape index (κ1) is 12.5. The number of nitrogens with zero attached hydrogens (tertiary/aromatic N) is 1. The molecule has 0 saturated heterocycles. The van der Waals surface area contributed by atoms with E-state index in [1.165, 1.54) is 14.2 Å². The van der Waals surface area contributed by atoms with Crippen LogP contribution in [0.5, 0.6) is 5.75 Å². The third kappa shape index (κ3) is 2.33. The van der Waals surface area contributed by atoms with Crippen LogP contribution in [-0.4, -0.2) is 35.1 Å². The van der Waals surface area contributed by atoms with E-state index in [0.29, 0.717) is 17.7 Å². The monoisotopic (exact) mass is 243 g/mol. The molecule has 0 saturated carbocycles. The number of anilines is 1. The highest BCUT2D eigenvalue weighted by Crippen LogP contribution is 2.27. The van der Waals surface area contributed by atoms with Crippen molar-refractivity contribution in [1.82, 2.24) is 0 Å². The number of sulfonamides is 1. The summed E-state index contributed by atoms with van der Waals surface area (Å²) in [6.07, 6.45) is 1.65. The molecule has 0 fully saturated rings. The van der Waals surface area contributed by atoms with E-state index in [1.807, 2.05) is 0 Å². The van der Waals surface area contributed by atoms with Gasteiger partial charge < -0.3 is 4.74 Å². The minimum Gasteiger partial charge on any atom is -0.496 e. The lowest BCUT2D eigenvalue weighted by molar-refractivity contribution is 0.112. The van der Waals surface area contributed by atoms with Crippen LogP contribution in [0.4, 0.5) is 5.69 Å². The summed E-state index contributed by atoms with van der Waals surface area (Å²) in [5, 5.41) is 0. The van der Waals surface area contributed by atoms with Gasteiger partial charge in [-0.2, -0.15) is 0 Å². The molecule has 0 aromatic heterocycles. The highest BCUT2D eigenvalue weighted by Gasteiger charge is 2.17. The Hall–Kier alpha value is -1.56. The SMILES string of the molecule is COc1cccc(N(C)S(C)(=O)=O)c1C=O. The zero-order chi connectivity index (χ0) is 12.3.